The van der Waals surface area contributed by atoms with Gasteiger partial charge in [-0.25, -0.2) is 0 Å². The Labute approximate surface area is 112 Å². The Kier molecular flexibility index (Phi) is 7.11. The van der Waals surface area contributed by atoms with Crippen LogP contribution >= 0.6 is 0 Å². The Bertz CT molecular complexity index is 319. The van der Waals surface area contributed by atoms with Crippen molar-refractivity contribution in [2.45, 2.75) is 78.3 Å². The molecule has 2 atom stereocenters. The number of furan rings is 1. The highest BCUT2D eigenvalue weighted by atomic mass is 16.3. The average molecular weight is 251 g/mol. The number of hydrogen-bond acceptors (Lipinski definition) is 2. The van der Waals surface area contributed by atoms with Crippen LogP contribution in [-0.2, 0) is 0 Å². The van der Waals surface area contributed by atoms with E-state index in [0.29, 0.717) is 12.1 Å². The summed E-state index contributed by atoms with van der Waals surface area (Å²) in [6.07, 6.45) is 8.04. The van der Waals surface area contributed by atoms with Gasteiger partial charge < -0.3 is 9.73 Å². The summed E-state index contributed by atoms with van der Waals surface area (Å²) >= 11 is 0. The highest BCUT2D eigenvalue weighted by Gasteiger charge is 2.12. The van der Waals surface area contributed by atoms with E-state index in [0.717, 1.165) is 11.5 Å². The van der Waals surface area contributed by atoms with Crippen LogP contribution in [0.1, 0.15) is 76.9 Å². The summed E-state index contributed by atoms with van der Waals surface area (Å²) in [6, 6.07) is 4.97. The van der Waals surface area contributed by atoms with Gasteiger partial charge in [-0.3, -0.25) is 0 Å². The maximum Gasteiger partial charge on any atom is 0.120 e. The van der Waals surface area contributed by atoms with E-state index >= 15 is 0 Å². The first kappa shape index (κ1) is 15.3. The molecule has 1 rings (SSSR count). The minimum absolute atomic E-state index is 0.310. The summed E-state index contributed by atoms with van der Waals surface area (Å²) in [6.45, 7) is 8.70. The molecule has 0 radical (unpaired) electrons. The monoisotopic (exact) mass is 251 g/mol. The van der Waals surface area contributed by atoms with Crippen LogP contribution in [0.5, 0.6) is 0 Å². The molecule has 2 heteroatoms. The number of nitrogens with one attached hydrogen (secondary N) is 1. The fourth-order valence-corrected chi connectivity index (χ4v) is 2.33. The second kappa shape index (κ2) is 8.36. The molecule has 0 saturated carbocycles. The molecule has 0 saturated heterocycles. The summed E-state index contributed by atoms with van der Waals surface area (Å²) in [5.41, 5.74) is 0. The lowest BCUT2D eigenvalue weighted by Crippen LogP contribution is -2.28. The lowest BCUT2D eigenvalue weighted by Gasteiger charge is -2.18. The van der Waals surface area contributed by atoms with Crippen molar-refractivity contribution >= 4 is 0 Å². The fraction of sp³-hybridized carbons (Fsp3) is 0.750. The van der Waals surface area contributed by atoms with Gasteiger partial charge in [-0.1, -0.05) is 39.0 Å². The lowest BCUT2D eigenvalue weighted by molar-refractivity contribution is 0.374. The van der Waals surface area contributed by atoms with E-state index in [1.54, 1.807) is 0 Å². The lowest BCUT2D eigenvalue weighted by atomic mass is 10.1. The zero-order valence-electron chi connectivity index (χ0n) is 12.5. The SMILES string of the molecule is CCCCCCCC(C)NC(C)c1ccc(C)o1. The van der Waals surface area contributed by atoms with Crippen molar-refractivity contribution < 1.29 is 4.42 Å². The first-order valence-corrected chi connectivity index (χ1v) is 7.46. The zero-order valence-corrected chi connectivity index (χ0v) is 12.5. The molecule has 0 spiro atoms. The van der Waals surface area contributed by atoms with Crippen LogP contribution in [0.4, 0.5) is 0 Å². The van der Waals surface area contributed by atoms with E-state index in [2.05, 4.69) is 32.2 Å². The zero-order chi connectivity index (χ0) is 13.4. The number of unbranched alkanes of at least 4 members (excludes halogenated alkanes) is 4. The summed E-state index contributed by atoms with van der Waals surface area (Å²) in [4.78, 5) is 0. The van der Waals surface area contributed by atoms with E-state index < -0.39 is 0 Å². The molecule has 0 amide bonds. The van der Waals surface area contributed by atoms with Crippen molar-refractivity contribution in [3.63, 3.8) is 0 Å². The molecule has 0 fully saturated rings. The van der Waals surface area contributed by atoms with Gasteiger partial charge in [0.15, 0.2) is 0 Å². The van der Waals surface area contributed by atoms with Crippen LogP contribution < -0.4 is 5.32 Å². The van der Waals surface area contributed by atoms with Crippen molar-refractivity contribution in [3.05, 3.63) is 23.7 Å². The Morgan fingerprint density at radius 2 is 1.83 bits per heavy atom. The number of rotatable bonds is 9. The molecule has 2 unspecified atom stereocenters. The maximum absolute atomic E-state index is 5.64. The molecule has 0 aliphatic heterocycles. The molecule has 0 aromatic carbocycles. The topological polar surface area (TPSA) is 25.2 Å². The summed E-state index contributed by atoms with van der Waals surface area (Å²) < 4.78 is 5.64. The smallest absolute Gasteiger partial charge is 0.120 e. The Balaban J connectivity index is 2.17. The maximum atomic E-state index is 5.64. The molecule has 104 valence electrons. The van der Waals surface area contributed by atoms with Crippen molar-refractivity contribution in [3.8, 4) is 0 Å². The first-order valence-electron chi connectivity index (χ1n) is 7.46. The summed E-state index contributed by atoms with van der Waals surface area (Å²) in [5, 5.41) is 3.61. The normalized spacial score (nSPS) is 14.7. The predicted molar refractivity (Wildman–Crippen MR) is 77.8 cm³/mol. The van der Waals surface area contributed by atoms with Gasteiger partial charge in [0, 0.05) is 6.04 Å². The molecule has 1 aromatic rings. The molecule has 1 N–H and O–H groups in total. The van der Waals surface area contributed by atoms with Crippen molar-refractivity contribution in [1.82, 2.24) is 5.32 Å². The quantitative estimate of drug-likeness (QED) is 0.626. The molecule has 2 nitrogen and oxygen atoms in total. The van der Waals surface area contributed by atoms with Gasteiger partial charge in [-0.15, -0.1) is 0 Å². The largest absolute Gasteiger partial charge is 0.465 e. The minimum atomic E-state index is 0.310. The van der Waals surface area contributed by atoms with Gasteiger partial charge in [-0.2, -0.15) is 0 Å². The fourth-order valence-electron chi connectivity index (χ4n) is 2.33. The van der Waals surface area contributed by atoms with Gasteiger partial charge in [0.25, 0.3) is 0 Å². The highest BCUT2D eigenvalue weighted by Crippen LogP contribution is 2.17. The van der Waals surface area contributed by atoms with E-state index in [9.17, 15) is 0 Å². The van der Waals surface area contributed by atoms with Crippen LogP contribution in [0, 0.1) is 6.92 Å². The van der Waals surface area contributed by atoms with Crippen LogP contribution in [0.2, 0.25) is 0 Å². The summed E-state index contributed by atoms with van der Waals surface area (Å²) in [7, 11) is 0. The number of aryl methyl sites for hydroxylation is 1. The third kappa shape index (κ3) is 5.72. The highest BCUT2D eigenvalue weighted by molar-refractivity contribution is 5.08. The van der Waals surface area contributed by atoms with Gasteiger partial charge in [-0.05, 0) is 39.3 Å². The van der Waals surface area contributed by atoms with Crippen molar-refractivity contribution in [2.75, 3.05) is 0 Å². The minimum Gasteiger partial charge on any atom is -0.465 e. The van der Waals surface area contributed by atoms with Crippen molar-refractivity contribution in [1.29, 1.82) is 0 Å². The molecule has 0 aliphatic rings. The van der Waals surface area contributed by atoms with Crippen LogP contribution in [-0.4, -0.2) is 6.04 Å². The molecule has 18 heavy (non-hydrogen) atoms. The van der Waals surface area contributed by atoms with E-state index in [1.165, 1.54) is 38.5 Å². The van der Waals surface area contributed by atoms with E-state index in [4.69, 9.17) is 4.42 Å². The van der Waals surface area contributed by atoms with Gasteiger partial charge in [0.2, 0.25) is 0 Å². The Morgan fingerprint density at radius 3 is 2.44 bits per heavy atom. The molecular weight excluding hydrogens is 222 g/mol. The first-order chi connectivity index (χ1) is 8.63. The van der Waals surface area contributed by atoms with Crippen LogP contribution in [0.25, 0.3) is 0 Å². The van der Waals surface area contributed by atoms with Gasteiger partial charge >= 0.3 is 0 Å². The third-order valence-electron chi connectivity index (χ3n) is 3.46. The Hall–Kier alpha value is -0.760. The Morgan fingerprint density at radius 1 is 1.11 bits per heavy atom. The second-order valence-corrected chi connectivity index (χ2v) is 5.44. The predicted octanol–water partition coefficient (Wildman–Crippen LogP) is 4.99. The average Bonchev–Trinajstić information content (AvgIpc) is 2.75. The molecule has 1 heterocycles. The van der Waals surface area contributed by atoms with Crippen molar-refractivity contribution in [2.24, 2.45) is 0 Å². The van der Waals surface area contributed by atoms with Crippen LogP contribution in [0.3, 0.4) is 0 Å². The molecular formula is C16H29NO. The second-order valence-electron chi connectivity index (χ2n) is 5.44. The van der Waals surface area contributed by atoms with Gasteiger partial charge in [0.05, 0.1) is 6.04 Å². The summed E-state index contributed by atoms with van der Waals surface area (Å²) in [5.74, 6) is 2.04. The number of hydrogen-bond donors (Lipinski definition) is 1. The van der Waals surface area contributed by atoms with Gasteiger partial charge in [0.1, 0.15) is 11.5 Å². The molecule has 0 bridgehead atoms. The van der Waals surface area contributed by atoms with E-state index in [-0.39, 0.29) is 0 Å². The van der Waals surface area contributed by atoms with E-state index in [1.807, 2.05) is 13.0 Å². The molecule has 0 aliphatic carbocycles. The third-order valence-corrected chi connectivity index (χ3v) is 3.46. The van der Waals surface area contributed by atoms with Crippen LogP contribution in [0.15, 0.2) is 16.5 Å². The molecule has 1 aromatic heterocycles. The standard InChI is InChI=1S/C16H29NO/c1-5-6-7-8-9-10-13(2)17-15(4)16-12-11-14(3)18-16/h11-13,15,17H,5-10H2,1-4H3.